The van der Waals surface area contributed by atoms with Crippen LogP contribution in [0.2, 0.25) is 5.02 Å². The molecule has 3 aromatic carbocycles. The normalized spacial score (nSPS) is 11.6. The summed E-state index contributed by atoms with van der Waals surface area (Å²) >= 11 is 6.15. The summed E-state index contributed by atoms with van der Waals surface area (Å²) in [5.41, 5.74) is 2.92. The van der Waals surface area contributed by atoms with Gasteiger partial charge in [0.05, 0.1) is 16.1 Å². The van der Waals surface area contributed by atoms with Crippen molar-refractivity contribution < 1.29 is 13.2 Å². The molecule has 0 spiro atoms. The van der Waals surface area contributed by atoms with Crippen LogP contribution in [0.5, 0.6) is 0 Å². The highest BCUT2D eigenvalue weighted by atomic mass is 35.5. The monoisotopic (exact) mass is 482 g/mol. The van der Waals surface area contributed by atoms with Crippen LogP contribution in [0.25, 0.3) is 11.0 Å². The standard InChI is InChI=1S/C24H23ClN4O3S/c1-17-28-21-9-5-6-10-22(21)29(17)14-13-26-24(30)19-11-12-20(25)23(15-19)33(31,32)27-16-18-7-3-2-4-8-18/h2-12,15,27H,13-14,16H2,1H3,(H,26,30). The molecule has 4 rings (SSSR count). The van der Waals surface area contributed by atoms with Crippen LogP contribution < -0.4 is 10.0 Å². The number of amides is 1. The number of hydrogen-bond donors (Lipinski definition) is 2. The van der Waals surface area contributed by atoms with Crippen molar-refractivity contribution in [1.82, 2.24) is 19.6 Å². The Morgan fingerprint density at radius 1 is 1.03 bits per heavy atom. The summed E-state index contributed by atoms with van der Waals surface area (Å²) in [6, 6.07) is 21.2. The lowest BCUT2D eigenvalue weighted by atomic mass is 10.2. The molecule has 170 valence electrons. The zero-order valence-corrected chi connectivity index (χ0v) is 19.5. The Balaban J connectivity index is 1.44. The fourth-order valence-corrected chi connectivity index (χ4v) is 5.11. The van der Waals surface area contributed by atoms with Crippen molar-refractivity contribution in [3.63, 3.8) is 0 Å². The van der Waals surface area contributed by atoms with Crippen LogP contribution in [0.15, 0.2) is 77.7 Å². The van der Waals surface area contributed by atoms with E-state index in [1.54, 1.807) is 0 Å². The van der Waals surface area contributed by atoms with Crippen molar-refractivity contribution in [1.29, 1.82) is 0 Å². The molecule has 1 aromatic heterocycles. The van der Waals surface area contributed by atoms with Gasteiger partial charge in [-0.1, -0.05) is 54.1 Å². The first-order valence-electron chi connectivity index (χ1n) is 10.4. The summed E-state index contributed by atoms with van der Waals surface area (Å²) in [4.78, 5) is 17.1. The molecule has 7 nitrogen and oxygen atoms in total. The van der Waals surface area contributed by atoms with Gasteiger partial charge in [0, 0.05) is 25.2 Å². The van der Waals surface area contributed by atoms with Crippen molar-refractivity contribution in [2.45, 2.75) is 24.9 Å². The number of sulfonamides is 1. The molecular weight excluding hydrogens is 460 g/mol. The number of nitrogens with zero attached hydrogens (tertiary/aromatic N) is 2. The molecule has 0 unspecified atom stereocenters. The maximum absolute atomic E-state index is 12.8. The minimum absolute atomic E-state index is 0.0487. The molecule has 0 saturated heterocycles. The molecule has 4 aromatic rings. The highest BCUT2D eigenvalue weighted by molar-refractivity contribution is 7.89. The molecule has 33 heavy (non-hydrogen) atoms. The Morgan fingerprint density at radius 3 is 2.55 bits per heavy atom. The number of imidazole rings is 1. The summed E-state index contributed by atoms with van der Waals surface area (Å²) in [6.07, 6.45) is 0. The molecule has 1 heterocycles. The van der Waals surface area contributed by atoms with Gasteiger partial charge in [-0.25, -0.2) is 18.1 Å². The molecular formula is C24H23ClN4O3S. The first kappa shape index (κ1) is 23.0. The lowest BCUT2D eigenvalue weighted by molar-refractivity contribution is 0.0952. The Morgan fingerprint density at radius 2 is 1.76 bits per heavy atom. The second-order valence-electron chi connectivity index (χ2n) is 7.51. The number of benzene rings is 3. The van der Waals surface area contributed by atoms with Gasteiger partial charge in [-0.3, -0.25) is 4.79 Å². The number of carbonyl (C=O) groups excluding carboxylic acids is 1. The van der Waals surface area contributed by atoms with Gasteiger partial charge in [0.2, 0.25) is 10.0 Å². The quantitative estimate of drug-likeness (QED) is 0.398. The third kappa shape index (κ3) is 5.24. The van der Waals surface area contributed by atoms with Crippen LogP contribution in [0.4, 0.5) is 0 Å². The number of nitrogens with one attached hydrogen (secondary N) is 2. The van der Waals surface area contributed by atoms with E-state index in [-0.39, 0.29) is 27.9 Å². The van der Waals surface area contributed by atoms with Crippen LogP contribution in [-0.2, 0) is 23.1 Å². The van der Waals surface area contributed by atoms with Crippen molar-refractivity contribution in [2.24, 2.45) is 0 Å². The maximum atomic E-state index is 12.8. The van der Waals surface area contributed by atoms with Crippen molar-refractivity contribution in [3.05, 3.63) is 94.8 Å². The molecule has 2 N–H and O–H groups in total. The van der Waals surface area contributed by atoms with Crippen molar-refractivity contribution in [2.75, 3.05) is 6.54 Å². The Labute approximate surface area is 197 Å². The zero-order valence-electron chi connectivity index (χ0n) is 18.0. The first-order valence-corrected chi connectivity index (χ1v) is 12.2. The highest BCUT2D eigenvalue weighted by Gasteiger charge is 2.20. The Hall–Kier alpha value is -3.20. The van der Waals surface area contributed by atoms with Gasteiger partial charge >= 0.3 is 0 Å². The molecule has 0 aliphatic carbocycles. The van der Waals surface area contributed by atoms with Crippen LogP contribution in [-0.4, -0.2) is 30.4 Å². The van der Waals surface area contributed by atoms with Gasteiger partial charge in [-0.15, -0.1) is 0 Å². The molecule has 1 amide bonds. The Bertz CT molecular complexity index is 1400. The number of hydrogen-bond acceptors (Lipinski definition) is 4. The van der Waals surface area contributed by atoms with E-state index in [2.05, 4.69) is 15.0 Å². The topological polar surface area (TPSA) is 93.1 Å². The lowest BCUT2D eigenvalue weighted by Crippen LogP contribution is -2.28. The second-order valence-corrected chi connectivity index (χ2v) is 9.65. The van der Waals surface area contributed by atoms with Crippen LogP contribution in [0.1, 0.15) is 21.7 Å². The molecule has 0 fully saturated rings. The summed E-state index contributed by atoms with van der Waals surface area (Å²) in [5, 5.41) is 2.89. The molecule has 0 aliphatic heterocycles. The third-order valence-corrected chi connectivity index (χ3v) is 7.14. The van der Waals surface area contributed by atoms with Gasteiger partial charge in [0.15, 0.2) is 0 Å². The average molecular weight is 483 g/mol. The Kier molecular flexibility index (Phi) is 6.78. The van der Waals surface area contributed by atoms with E-state index < -0.39 is 10.0 Å². The minimum Gasteiger partial charge on any atom is -0.350 e. The van der Waals surface area contributed by atoms with Gasteiger partial charge < -0.3 is 9.88 Å². The van der Waals surface area contributed by atoms with E-state index in [0.717, 1.165) is 22.4 Å². The van der Waals surface area contributed by atoms with E-state index in [0.29, 0.717) is 13.1 Å². The third-order valence-electron chi connectivity index (χ3n) is 5.26. The van der Waals surface area contributed by atoms with Gasteiger partial charge in [-0.05, 0) is 42.8 Å². The SMILES string of the molecule is Cc1nc2ccccc2n1CCNC(=O)c1ccc(Cl)c(S(=O)(=O)NCc2ccccc2)c1. The summed E-state index contributed by atoms with van der Waals surface area (Å²) in [5.74, 6) is 0.475. The molecule has 0 saturated carbocycles. The van der Waals surface area contributed by atoms with E-state index in [9.17, 15) is 13.2 Å². The zero-order chi connectivity index (χ0) is 23.4. The van der Waals surface area contributed by atoms with Gasteiger partial charge in [0.25, 0.3) is 5.91 Å². The van der Waals surface area contributed by atoms with Crippen molar-refractivity contribution >= 4 is 38.6 Å². The van der Waals surface area contributed by atoms with Gasteiger partial charge in [0.1, 0.15) is 10.7 Å². The van der Waals surface area contributed by atoms with E-state index >= 15 is 0 Å². The van der Waals surface area contributed by atoms with Crippen molar-refractivity contribution in [3.8, 4) is 0 Å². The predicted molar refractivity (Wildman–Crippen MR) is 129 cm³/mol. The number of aryl methyl sites for hydroxylation is 1. The minimum atomic E-state index is -3.91. The number of aromatic nitrogens is 2. The first-order chi connectivity index (χ1) is 15.8. The van der Waals surface area contributed by atoms with Gasteiger partial charge in [-0.2, -0.15) is 0 Å². The maximum Gasteiger partial charge on any atom is 0.251 e. The second kappa shape index (κ2) is 9.74. The number of para-hydroxylation sites is 2. The van der Waals surface area contributed by atoms with E-state index in [4.69, 9.17) is 11.6 Å². The fourth-order valence-electron chi connectivity index (χ4n) is 3.56. The smallest absolute Gasteiger partial charge is 0.251 e. The van der Waals surface area contributed by atoms with Crippen LogP contribution in [0.3, 0.4) is 0 Å². The van der Waals surface area contributed by atoms with E-state index in [1.165, 1.54) is 18.2 Å². The molecule has 0 atom stereocenters. The largest absolute Gasteiger partial charge is 0.350 e. The number of fused-ring (bicyclic) bond motifs is 1. The highest BCUT2D eigenvalue weighted by Crippen LogP contribution is 2.23. The summed E-state index contributed by atoms with van der Waals surface area (Å²) < 4.78 is 30.1. The lowest BCUT2D eigenvalue weighted by Gasteiger charge is -2.12. The number of halogens is 1. The number of rotatable bonds is 8. The van der Waals surface area contributed by atoms with Crippen LogP contribution >= 0.6 is 11.6 Å². The summed E-state index contributed by atoms with van der Waals surface area (Å²) in [7, 11) is -3.91. The molecule has 9 heteroatoms. The molecule has 0 aliphatic rings. The average Bonchev–Trinajstić information content (AvgIpc) is 3.13. The molecule has 0 bridgehead atoms. The predicted octanol–water partition coefficient (Wildman–Crippen LogP) is 3.91. The number of carbonyl (C=O) groups is 1. The van der Waals surface area contributed by atoms with Crippen LogP contribution in [0, 0.1) is 6.92 Å². The summed E-state index contributed by atoms with van der Waals surface area (Å²) in [6.45, 7) is 2.93. The molecule has 0 radical (unpaired) electrons. The van der Waals surface area contributed by atoms with E-state index in [1.807, 2.05) is 66.1 Å². The fraction of sp³-hybridized carbons (Fsp3) is 0.167.